The van der Waals surface area contributed by atoms with Gasteiger partial charge in [0.1, 0.15) is 0 Å². The molecule has 2 N–H and O–H groups in total. The number of hydrogen-bond acceptors (Lipinski definition) is 2. The van der Waals surface area contributed by atoms with Crippen LogP contribution in [0.25, 0.3) is 10.8 Å². The van der Waals surface area contributed by atoms with Gasteiger partial charge in [0, 0.05) is 6.04 Å². The summed E-state index contributed by atoms with van der Waals surface area (Å²) in [5.41, 5.74) is 0.628. The van der Waals surface area contributed by atoms with Crippen molar-refractivity contribution in [2.75, 3.05) is 11.9 Å². The molecule has 0 spiro atoms. The van der Waals surface area contributed by atoms with Crippen LogP contribution < -0.4 is 10.6 Å². The summed E-state index contributed by atoms with van der Waals surface area (Å²) in [6, 6.07) is 15.4. The van der Waals surface area contributed by atoms with Gasteiger partial charge < -0.3 is 10.6 Å². The lowest BCUT2D eigenvalue weighted by atomic mass is 10.00. The van der Waals surface area contributed by atoms with Crippen LogP contribution in [-0.4, -0.2) is 12.5 Å². The van der Waals surface area contributed by atoms with Gasteiger partial charge in [0.15, 0.2) is 17.5 Å². The van der Waals surface area contributed by atoms with Gasteiger partial charge >= 0.3 is 0 Å². The fraction of sp³-hybridized carbons (Fsp3) is 0.150. The molecule has 134 valence electrons. The standard InChI is InChI=1S/C20H17F3N2O/c1-12(14-8-4-6-13-5-2-3-7-15(13)14)24-11-18(26)25-17-10-9-16(21)19(22)20(17)23/h2-10,12,24H,11H2,1H3,(H,25,26). The number of nitrogens with one attached hydrogen (secondary N) is 2. The van der Waals surface area contributed by atoms with E-state index in [1.54, 1.807) is 0 Å². The van der Waals surface area contributed by atoms with Crippen molar-refractivity contribution in [3.63, 3.8) is 0 Å². The SMILES string of the molecule is CC(NCC(=O)Nc1ccc(F)c(F)c1F)c1cccc2ccccc12. The number of carbonyl (C=O) groups excluding carboxylic acids is 1. The average molecular weight is 358 g/mol. The predicted molar refractivity (Wildman–Crippen MR) is 95.3 cm³/mol. The zero-order chi connectivity index (χ0) is 18.7. The van der Waals surface area contributed by atoms with E-state index in [-0.39, 0.29) is 12.6 Å². The molecule has 1 unspecified atom stereocenters. The molecular weight excluding hydrogens is 341 g/mol. The maximum atomic E-state index is 13.6. The first-order chi connectivity index (χ1) is 12.5. The zero-order valence-electron chi connectivity index (χ0n) is 14.0. The van der Waals surface area contributed by atoms with Crippen molar-refractivity contribution in [3.8, 4) is 0 Å². The molecule has 1 amide bonds. The molecule has 0 fully saturated rings. The van der Waals surface area contributed by atoms with E-state index in [9.17, 15) is 18.0 Å². The molecule has 3 aromatic carbocycles. The molecule has 0 saturated heterocycles. The zero-order valence-corrected chi connectivity index (χ0v) is 14.0. The summed E-state index contributed by atoms with van der Waals surface area (Å²) in [6.45, 7) is 1.80. The van der Waals surface area contributed by atoms with Gasteiger partial charge in [-0.2, -0.15) is 0 Å². The predicted octanol–water partition coefficient (Wildman–Crippen LogP) is 4.55. The Labute approximate surface area is 148 Å². The molecule has 1 atom stereocenters. The van der Waals surface area contributed by atoms with Crippen LogP contribution in [0, 0.1) is 17.5 Å². The average Bonchev–Trinajstić information content (AvgIpc) is 2.66. The molecule has 3 rings (SSSR count). The number of rotatable bonds is 5. The van der Waals surface area contributed by atoms with Gasteiger partial charge in [0.25, 0.3) is 0 Å². The fourth-order valence-corrected chi connectivity index (χ4v) is 2.80. The molecule has 0 aliphatic carbocycles. The van der Waals surface area contributed by atoms with Gasteiger partial charge in [0.2, 0.25) is 5.91 Å². The monoisotopic (exact) mass is 358 g/mol. The van der Waals surface area contributed by atoms with Crippen LogP contribution in [0.5, 0.6) is 0 Å². The molecular formula is C20H17F3N2O. The molecule has 6 heteroatoms. The Bertz CT molecular complexity index is 954. The highest BCUT2D eigenvalue weighted by Gasteiger charge is 2.16. The lowest BCUT2D eigenvalue weighted by Gasteiger charge is -2.16. The van der Waals surface area contributed by atoms with E-state index in [1.807, 2.05) is 49.4 Å². The highest BCUT2D eigenvalue weighted by molar-refractivity contribution is 5.92. The molecule has 0 radical (unpaired) electrons. The van der Waals surface area contributed by atoms with Crippen molar-refractivity contribution < 1.29 is 18.0 Å². The second kappa shape index (κ2) is 7.58. The normalized spacial score (nSPS) is 12.2. The third-order valence-corrected chi connectivity index (χ3v) is 4.17. The van der Waals surface area contributed by atoms with E-state index < -0.39 is 29.0 Å². The maximum Gasteiger partial charge on any atom is 0.238 e. The summed E-state index contributed by atoms with van der Waals surface area (Å²) in [5.74, 6) is -4.88. The van der Waals surface area contributed by atoms with Crippen molar-refractivity contribution >= 4 is 22.4 Å². The quantitative estimate of drug-likeness (QED) is 0.657. The van der Waals surface area contributed by atoms with Crippen molar-refractivity contribution in [3.05, 3.63) is 77.6 Å². The Morgan fingerprint density at radius 1 is 0.962 bits per heavy atom. The van der Waals surface area contributed by atoms with Gasteiger partial charge in [-0.3, -0.25) is 4.79 Å². The molecule has 0 saturated carbocycles. The summed E-state index contributed by atoms with van der Waals surface area (Å²) < 4.78 is 39.7. The van der Waals surface area contributed by atoms with E-state index in [0.717, 1.165) is 28.5 Å². The lowest BCUT2D eigenvalue weighted by molar-refractivity contribution is -0.115. The van der Waals surface area contributed by atoms with Gasteiger partial charge in [-0.05, 0) is 35.4 Å². The molecule has 0 aliphatic rings. The first-order valence-corrected chi connectivity index (χ1v) is 8.11. The topological polar surface area (TPSA) is 41.1 Å². The van der Waals surface area contributed by atoms with Crippen LogP contribution in [0.1, 0.15) is 18.5 Å². The van der Waals surface area contributed by atoms with Gasteiger partial charge in [-0.1, -0.05) is 42.5 Å². The van der Waals surface area contributed by atoms with E-state index >= 15 is 0 Å². The minimum atomic E-state index is -1.61. The number of amides is 1. The second-order valence-corrected chi connectivity index (χ2v) is 5.94. The first-order valence-electron chi connectivity index (χ1n) is 8.11. The highest BCUT2D eigenvalue weighted by atomic mass is 19.2. The molecule has 26 heavy (non-hydrogen) atoms. The number of anilines is 1. The van der Waals surface area contributed by atoms with Crippen LogP contribution >= 0.6 is 0 Å². The van der Waals surface area contributed by atoms with Gasteiger partial charge in [0.05, 0.1) is 12.2 Å². The molecule has 3 aromatic rings. The lowest BCUT2D eigenvalue weighted by Crippen LogP contribution is -2.30. The number of hydrogen-bond donors (Lipinski definition) is 2. The Kier molecular flexibility index (Phi) is 5.23. The summed E-state index contributed by atoms with van der Waals surface area (Å²) in [4.78, 5) is 12.0. The third kappa shape index (κ3) is 3.70. The minimum absolute atomic E-state index is 0.108. The Balaban J connectivity index is 1.67. The van der Waals surface area contributed by atoms with Crippen molar-refractivity contribution in [2.45, 2.75) is 13.0 Å². The van der Waals surface area contributed by atoms with E-state index in [1.165, 1.54) is 0 Å². The summed E-state index contributed by atoms with van der Waals surface area (Å²) in [6.07, 6.45) is 0. The summed E-state index contributed by atoms with van der Waals surface area (Å²) >= 11 is 0. The number of benzene rings is 3. The maximum absolute atomic E-state index is 13.6. The largest absolute Gasteiger partial charge is 0.322 e. The third-order valence-electron chi connectivity index (χ3n) is 4.17. The Hall–Kier alpha value is -2.86. The van der Waals surface area contributed by atoms with Crippen molar-refractivity contribution in [2.24, 2.45) is 0 Å². The molecule has 0 aromatic heterocycles. The van der Waals surface area contributed by atoms with Crippen LogP contribution in [-0.2, 0) is 4.79 Å². The van der Waals surface area contributed by atoms with Crippen molar-refractivity contribution in [1.29, 1.82) is 0 Å². The number of carbonyl (C=O) groups is 1. The second-order valence-electron chi connectivity index (χ2n) is 5.94. The van der Waals surface area contributed by atoms with E-state index in [4.69, 9.17) is 0 Å². The summed E-state index contributed by atoms with van der Waals surface area (Å²) in [7, 11) is 0. The van der Waals surface area contributed by atoms with Crippen molar-refractivity contribution in [1.82, 2.24) is 5.32 Å². The van der Waals surface area contributed by atoms with Gasteiger partial charge in [-0.25, -0.2) is 13.2 Å². The van der Waals surface area contributed by atoms with Crippen LogP contribution in [0.2, 0.25) is 0 Å². The van der Waals surface area contributed by atoms with E-state index in [0.29, 0.717) is 0 Å². The highest BCUT2D eigenvalue weighted by Crippen LogP contribution is 2.24. The summed E-state index contributed by atoms with van der Waals surface area (Å²) in [5, 5.41) is 7.45. The van der Waals surface area contributed by atoms with Crippen LogP contribution in [0.3, 0.4) is 0 Å². The van der Waals surface area contributed by atoms with Crippen LogP contribution in [0.15, 0.2) is 54.6 Å². The fourth-order valence-electron chi connectivity index (χ4n) is 2.80. The number of fused-ring (bicyclic) bond motifs is 1. The van der Waals surface area contributed by atoms with Crippen LogP contribution in [0.4, 0.5) is 18.9 Å². The minimum Gasteiger partial charge on any atom is -0.322 e. The van der Waals surface area contributed by atoms with Gasteiger partial charge in [-0.15, -0.1) is 0 Å². The van der Waals surface area contributed by atoms with E-state index in [2.05, 4.69) is 10.6 Å². The molecule has 0 heterocycles. The Morgan fingerprint density at radius 2 is 1.69 bits per heavy atom. The Morgan fingerprint density at radius 3 is 2.50 bits per heavy atom. The smallest absolute Gasteiger partial charge is 0.238 e. The molecule has 0 bridgehead atoms. The first kappa shape index (κ1) is 17.9. The molecule has 3 nitrogen and oxygen atoms in total. The number of halogens is 3. The molecule has 0 aliphatic heterocycles.